The molecule has 5 atom stereocenters. The lowest BCUT2D eigenvalue weighted by molar-refractivity contribution is -0.140. The Morgan fingerprint density at radius 2 is 2.00 bits per heavy atom. The van der Waals surface area contributed by atoms with Gasteiger partial charge < -0.3 is 14.9 Å². The van der Waals surface area contributed by atoms with Crippen molar-refractivity contribution in [3.05, 3.63) is 34.9 Å². The van der Waals surface area contributed by atoms with E-state index in [2.05, 4.69) is 16.9 Å². The van der Waals surface area contributed by atoms with Gasteiger partial charge in [-0.3, -0.25) is 4.79 Å². The van der Waals surface area contributed by atoms with Gasteiger partial charge in [0, 0.05) is 17.7 Å². The molecule has 5 heteroatoms. The molecule has 4 nitrogen and oxygen atoms in total. The quantitative estimate of drug-likeness (QED) is 0.393. The van der Waals surface area contributed by atoms with Gasteiger partial charge in [0.05, 0.1) is 19.3 Å². The summed E-state index contributed by atoms with van der Waals surface area (Å²) in [6.45, 7) is 0. The Balaban J connectivity index is 1.56. The lowest BCUT2D eigenvalue weighted by atomic mass is 9.83. The van der Waals surface area contributed by atoms with Crippen molar-refractivity contribution in [2.45, 2.75) is 81.3 Å². The smallest absolute Gasteiger partial charge is 0.305 e. The number of benzene rings is 1. The van der Waals surface area contributed by atoms with Gasteiger partial charge in [-0.25, -0.2) is 0 Å². The molecule has 1 aromatic carbocycles. The van der Waals surface area contributed by atoms with Crippen LogP contribution in [0, 0.1) is 5.92 Å². The Morgan fingerprint density at radius 1 is 1.22 bits per heavy atom. The average molecular weight is 395 g/mol. The molecule has 1 fully saturated rings. The molecule has 1 aromatic rings. The number of halogens is 1. The highest BCUT2D eigenvalue weighted by Gasteiger charge is 2.42. The standard InChI is InChI=1S/C22H31ClO4/c1-27-21(26)7-5-3-2-4-6-17-18(23)13-20(25)22(17)15-8-10-16-14(12-15)9-11-19(16)24/h8,10,12,17-20,22,24-25H,2-7,9,11,13H2,1H3/t17-,18+,19?,20+,22+/m0/s1. The summed E-state index contributed by atoms with van der Waals surface area (Å²) in [5, 5.41) is 20.6. The fraction of sp³-hybridized carbons (Fsp3) is 0.682. The number of methoxy groups -OCH3 is 1. The van der Waals surface area contributed by atoms with Gasteiger partial charge >= 0.3 is 5.97 Å². The summed E-state index contributed by atoms with van der Waals surface area (Å²) in [7, 11) is 1.42. The molecular weight excluding hydrogens is 364 g/mol. The number of alkyl halides is 1. The molecule has 0 bridgehead atoms. The lowest BCUT2D eigenvalue weighted by Crippen LogP contribution is -2.19. The van der Waals surface area contributed by atoms with Crippen LogP contribution >= 0.6 is 11.6 Å². The van der Waals surface area contributed by atoms with Gasteiger partial charge in [0.1, 0.15) is 0 Å². The van der Waals surface area contributed by atoms with Crippen molar-refractivity contribution in [1.29, 1.82) is 0 Å². The van der Waals surface area contributed by atoms with Crippen molar-refractivity contribution in [2.75, 3.05) is 7.11 Å². The van der Waals surface area contributed by atoms with Crippen molar-refractivity contribution in [3.63, 3.8) is 0 Å². The molecule has 1 saturated carbocycles. The van der Waals surface area contributed by atoms with Crippen molar-refractivity contribution < 1.29 is 19.7 Å². The van der Waals surface area contributed by atoms with Gasteiger partial charge in [0.2, 0.25) is 0 Å². The normalized spacial score (nSPS) is 29.7. The second kappa shape index (κ2) is 9.40. The molecule has 3 rings (SSSR count). The van der Waals surface area contributed by atoms with Crippen LogP contribution < -0.4 is 0 Å². The number of fused-ring (bicyclic) bond motifs is 1. The van der Waals surface area contributed by atoms with E-state index in [0.717, 1.165) is 56.1 Å². The fourth-order valence-corrected chi connectivity index (χ4v) is 5.28. The van der Waals surface area contributed by atoms with Crippen molar-refractivity contribution in [1.82, 2.24) is 0 Å². The molecule has 2 aliphatic rings. The zero-order valence-corrected chi connectivity index (χ0v) is 16.8. The third kappa shape index (κ3) is 4.85. The molecule has 150 valence electrons. The van der Waals surface area contributed by atoms with Crippen LogP contribution in [0.5, 0.6) is 0 Å². The minimum Gasteiger partial charge on any atom is -0.469 e. The SMILES string of the molecule is COC(=O)CCCCCC[C@@H]1[C@@H](c2ccc3c(c2)CCC3O)[C@H](O)C[C@H]1Cl. The molecule has 0 spiro atoms. The molecule has 1 unspecified atom stereocenters. The topological polar surface area (TPSA) is 66.8 Å². The number of aryl methyl sites for hydroxylation is 1. The second-order valence-electron chi connectivity index (χ2n) is 8.05. The number of hydrogen-bond acceptors (Lipinski definition) is 4. The third-order valence-corrected chi connectivity index (χ3v) is 6.80. The summed E-state index contributed by atoms with van der Waals surface area (Å²) in [6.07, 6.45) is 7.07. The molecule has 2 N–H and O–H groups in total. The monoisotopic (exact) mass is 394 g/mol. The van der Waals surface area contributed by atoms with Crippen molar-refractivity contribution in [2.24, 2.45) is 5.92 Å². The molecule has 27 heavy (non-hydrogen) atoms. The highest BCUT2D eigenvalue weighted by molar-refractivity contribution is 6.21. The van der Waals surface area contributed by atoms with E-state index in [0.29, 0.717) is 12.8 Å². The van der Waals surface area contributed by atoms with E-state index in [-0.39, 0.29) is 29.3 Å². The van der Waals surface area contributed by atoms with Gasteiger partial charge in [0.25, 0.3) is 0 Å². The first kappa shape index (κ1) is 20.6. The van der Waals surface area contributed by atoms with Crippen LogP contribution in [0.1, 0.15) is 80.1 Å². The maximum atomic E-state index is 11.2. The summed E-state index contributed by atoms with van der Waals surface area (Å²) in [5.41, 5.74) is 3.41. The van der Waals surface area contributed by atoms with Gasteiger partial charge in [-0.1, -0.05) is 37.5 Å². The van der Waals surface area contributed by atoms with E-state index in [1.807, 2.05) is 6.07 Å². The lowest BCUT2D eigenvalue weighted by Gasteiger charge is -2.24. The molecule has 0 aromatic heterocycles. The number of rotatable bonds is 8. The van der Waals surface area contributed by atoms with E-state index >= 15 is 0 Å². The van der Waals surface area contributed by atoms with Gasteiger partial charge in [-0.05, 0) is 54.7 Å². The van der Waals surface area contributed by atoms with E-state index in [1.54, 1.807) is 0 Å². The van der Waals surface area contributed by atoms with E-state index in [1.165, 1.54) is 12.7 Å². The molecule has 0 radical (unpaired) electrons. The Kier molecular flexibility index (Phi) is 7.18. The number of ether oxygens (including phenoxy) is 1. The van der Waals surface area contributed by atoms with Crippen LogP contribution in [0.2, 0.25) is 0 Å². The highest BCUT2D eigenvalue weighted by atomic mass is 35.5. The molecular formula is C22H31ClO4. The number of aliphatic hydroxyl groups excluding tert-OH is 2. The van der Waals surface area contributed by atoms with Crippen LogP contribution in [0.15, 0.2) is 18.2 Å². The summed E-state index contributed by atoms with van der Waals surface area (Å²) in [5.74, 6) is 0.203. The predicted octanol–water partition coefficient (Wildman–Crippen LogP) is 4.25. The summed E-state index contributed by atoms with van der Waals surface area (Å²) < 4.78 is 4.67. The Labute approximate surface area is 166 Å². The minimum atomic E-state index is -0.402. The Hall–Kier alpha value is -1.10. The fourth-order valence-electron chi connectivity index (χ4n) is 4.82. The van der Waals surface area contributed by atoms with Gasteiger partial charge in [-0.2, -0.15) is 0 Å². The number of aliphatic hydroxyl groups is 2. The number of hydrogen-bond donors (Lipinski definition) is 2. The number of carbonyl (C=O) groups excluding carboxylic acids is 1. The van der Waals surface area contributed by atoms with Gasteiger partial charge in [-0.15, -0.1) is 11.6 Å². The zero-order chi connectivity index (χ0) is 19.4. The van der Waals surface area contributed by atoms with Crippen molar-refractivity contribution >= 4 is 17.6 Å². The van der Waals surface area contributed by atoms with E-state index in [9.17, 15) is 15.0 Å². The molecule has 0 aliphatic heterocycles. The summed E-state index contributed by atoms with van der Waals surface area (Å²) in [6, 6.07) is 6.28. The largest absolute Gasteiger partial charge is 0.469 e. The second-order valence-corrected chi connectivity index (χ2v) is 8.61. The molecule has 0 saturated heterocycles. The Bertz CT molecular complexity index is 647. The van der Waals surface area contributed by atoms with Crippen LogP contribution in [0.25, 0.3) is 0 Å². The third-order valence-electron chi connectivity index (χ3n) is 6.30. The van der Waals surface area contributed by atoms with Crippen molar-refractivity contribution in [3.8, 4) is 0 Å². The maximum Gasteiger partial charge on any atom is 0.305 e. The number of esters is 1. The average Bonchev–Trinajstić information content (AvgIpc) is 3.16. The van der Waals surface area contributed by atoms with E-state index in [4.69, 9.17) is 11.6 Å². The molecule has 0 heterocycles. The zero-order valence-electron chi connectivity index (χ0n) is 16.1. The van der Waals surface area contributed by atoms with Crippen LogP contribution in [0.4, 0.5) is 0 Å². The summed E-state index contributed by atoms with van der Waals surface area (Å²) in [4.78, 5) is 11.2. The number of unbranched alkanes of at least 4 members (excludes halogenated alkanes) is 3. The number of carbonyl (C=O) groups is 1. The first-order valence-corrected chi connectivity index (χ1v) is 10.6. The summed E-state index contributed by atoms with van der Waals surface area (Å²) >= 11 is 6.60. The molecule has 2 aliphatic carbocycles. The minimum absolute atomic E-state index is 0.00101. The first-order valence-electron chi connectivity index (χ1n) is 10.2. The maximum absolute atomic E-state index is 11.2. The Morgan fingerprint density at radius 3 is 2.78 bits per heavy atom. The molecule has 0 amide bonds. The van der Waals surface area contributed by atoms with Gasteiger partial charge in [0.15, 0.2) is 0 Å². The highest BCUT2D eigenvalue weighted by Crippen LogP contribution is 2.46. The van der Waals surface area contributed by atoms with E-state index < -0.39 is 6.10 Å². The predicted molar refractivity (Wildman–Crippen MR) is 106 cm³/mol. The van der Waals surface area contributed by atoms with Crippen LogP contribution in [0.3, 0.4) is 0 Å². The van der Waals surface area contributed by atoms with Crippen LogP contribution in [-0.2, 0) is 16.0 Å². The first-order chi connectivity index (χ1) is 13.0. The van der Waals surface area contributed by atoms with Crippen LogP contribution in [-0.4, -0.2) is 34.8 Å².